The van der Waals surface area contributed by atoms with Crippen LogP contribution in [0.5, 0.6) is 0 Å². The standard InChI is InChI=1S/C15H24O3/c1-10(2)14(18-15(16)17-3)13-8-11-5-4-6-12(7-11)9-13/h8,10,12-14H,4-7,9H2,1-3H3. The number of carbonyl (C=O) groups is 1. The molecule has 2 aliphatic rings. The Balaban J connectivity index is 2.08. The molecule has 2 bridgehead atoms. The number of ether oxygens (including phenoxy) is 2. The van der Waals surface area contributed by atoms with Gasteiger partial charge < -0.3 is 9.47 Å². The summed E-state index contributed by atoms with van der Waals surface area (Å²) in [7, 11) is 1.37. The largest absolute Gasteiger partial charge is 0.508 e. The predicted octanol–water partition coefficient (Wildman–Crippen LogP) is 3.93. The molecule has 0 N–H and O–H groups in total. The van der Waals surface area contributed by atoms with Crippen molar-refractivity contribution >= 4 is 6.16 Å². The van der Waals surface area contributed by atoms with Gasteiger partial charge in [0.15, 0.2) is 0 Å². The maximum Gasteiger partial charge on any atom is 0.508 e. The normalized spacial score (nSPS) is 28.6. The van der Waals surface area contributed by atoms with Crippen LogP contribution in [0.25, 0.3) is 0 Å². The Morgan fingerprint density at radius 1 is 1.44 bits per heavy atom. The highest BCUT2D eigenvalue weighted by atomic mass is 16.7. The van der Waals surface area contributed by atoms with Crippen LogP contribution in [0.3, 0.4) is 0 Å². The Labute approximate surface area is 110 Å². The van der Waals surface area contributed by atoms with Crippen molar-refractivity contribution in [2.45, 2.75) is 52.1 Å². The zero-order valence-corrected chi connectivity index (χ0v) is 11.6. The predicted molar refractivity (Wildman–Crippen MR) is 70.3 cm³/mol. The van der Waals surface area contributed by atoms with Gasteiger partial charge in [0.05, 0.1) is 7.11 Å². The van der Waals surface area contributed by atoms with Crippen LogP contribution in [0.15, 0.2) is 11.6 Å². The van der Waals surface area contributed by atoms with Gasteiger partial charge in [0.1, 0.15) is 6.10 Å². The second-order valence-corrected chi connectivity index (χ2v) is 5.97. The number of hydrogen-bond donors (Lipinski definition) is 0. The molecule has 0 aliphatic heterocycles. The highest BCUT2D eigenvalue weighted by Gasteiger charge is 2.33. The second kappa shape index (κ2) is 5.77. The van der Waals surface area contributed by atoms with Crippen LogP contribution < -0.4 is 0 Å². The number of hydrogen-bond acceptors (Lipinski definition) is 3. The van der Waals surface area contributed by atoms with Gasteiger partial charge in [-0.3, -0.25) is 0 Å². The van der Waals surface area contributed by atoms with E-state index in [2.05, 4.69) is 24.7 Å². The zero-order valence-electron chi connectivity index (χ0n) is 11.6. The lowest BCUT2D eigenvalue weighted by molar-refractivity contribution is -0.00575. The first kappa shape index (κ1) is 13.4. The molecule has 1 saturated carbocycles. The van der Waals surface area contributed by atoms with E-state index in [0.717, 1.165) is 12.3 Å². The summed E-state index contributed by atoms with van der Waals surface area (Å²) in [5, 5.41) is 0. The molecular weight excluding hydrogens is 228 g/mol. The fraction of sp³-hybridized carbons (Fsp3) is 0.800. The van der Waals surface area contributed by atoms with Crippen molar-refractivity contribution in [2.24, 2.45) is 17.8 Å². The third kappa shape index (κ3) is 3.06. The minimum absolute atomic E-state index is 0.0478. The molecule has 0 radical (unpaired) electrons. The molecular formula is C15H24O3. The molecule has 0 spiro atoms. The van der Waals surface area contributed by atoms with E-state index in [1.54, 1.807) is 5.57 Å². The maximum absolute atomic E-state index is 11.4. The Bertz CT molecular complexity index is 333. The van der Waals surface area contributed by atoms with E-state index in [4.69, 9.17) is 4.74 Å². The number of methoxy groups -OCH3 is 1. The number of carbonyl (C=O) groups excluding carboxylic acids is 1. The fourth-order valence-corrected chi connectivity index (χ4v) is 3.41. The molecule has 0 amide bonds. The average Bonchev–Trinajstić information content (AvgIpc) is 2.34. The number of fused-ring (bicyclic) bond motifs is 2. The van der Waals surface area contributed by atoms with Gasteiger partial charge in [-0.15, -0.1) is 0 Å². The summed E-state index contributed by atoms with van der Waals surface area (Å²) in [6.45, 7) is 4.22. The first-order valence-corrected chi connectivity index (χ1v) is 7.04. The Hall–Kier alpha value is -0.990. The van der Waals surface area contributed by atoms with Gasteiger partial charge in [-0.05, 0) is 43.9 Å². The smallest absolute Gasteiger partial charge is 0.438 e. The maximum atomic E-state index is 11.4. The van der Waals surface area contributed by atoms with Gasteiger partial charge in [0.25, 0.3) is 0 Å². The molecule has 3 nitrogen and oxygen atoms in total. The van der Waals surface area contributed by atoms with E-state index in [0.29, 0.717) is 11.8 Å². The monoisotopic (exact) mass is 252 g/mol. The molecule has 102 valence electrons. The third-order valence-corrected chi connectivity index (χ3v) is 4.19. The fourth-order valence-electron chi connectivity index (χ4n) is 3.41. The lowest BCUT2D eigenvalue weighted by Gasteiger charge is -2.37. The van der Waals surface area contributed by atoms with Crippen LogP contribution in [-0.2, 0) is 9.47 Å². The molecule has 0 aromatic heterocycles. The van der Waals surface area contributed by atoms with Crippen LogP contribution in [0.1, 0.15) is 46.0 Å². The van der Waals surface area contributed by atoms with Crippen LogP contribution in [0.2, 0.25) is 0 Å². The quantitative estimate of drug-likeness (QED) is 0.564. The first-order chi connectivity index (χ1) is 8.60. The molecule has 0 saturated heterocycles. The van der Waals surface area contributed by atoms with Gasteiger partial charge >= 0.3 is 6.16 Å². The van der Waals surface area contributed by atoms with E-state index in [9.17, 15) is 4.79 Å². The van der Waals surface area contributed by atoms with E-state index in [-0.39, 0.29) is 6.10 Å². The number of rotatable bonds is 3. The van der Waals surface area contributed by atoms with Crippen LogP contribution in [0, 0.1) is 17.8 Å². The minimum Gasteiger partial charge on any atom is -0.438 e. The Kier molecular flexibility index (Phi) is 4.31. The lowest BCUT2D eigenvalue weighted by atomic mass is 9.71. The van der Waals surface area contributed by atoms with Crippen molar-refractivity contribution < 1.29 is 14.3 Å². The van der Waals surface area contributed by atoms with Crippen molar-refractivity contribution in [1.29, 1.82) is 0 Å². The molecule has 0 aromatic rings. The van der Waals surface area contributed by atoms with Crippen LogP contribution >= 0.6 is 0 Å². The van der Waals surface area contributed by atoms with E-state index in [1.807, 2.05) is 0 Å². The SMILES string of the molecule is COC(=O)OC(C(C)C)C1C=C2CCCC(C2)C1. The van der Waals surface area contributed by atoms with Gasteiger partial charge in [-0.2, -0.15) is 0 Å². The summed E-state index contributed by atoms with van der Waals surface area (Å²) < 4.78 is 10.1. The molecule has 2 aliphatic carbocycles. The molecule has 0 aromatic carbocycles. The summed E-state index contributed by atoms with van der Waals surface area (Å²) in [5.41, 5.74) is 1.57. The van der Waals surface area contributed by atoms with Gasteiger partial charge in [0, 0.05) is 5.92 Å². The minimum atomic E-state index is -0.553. The highest BCUT2D eigenvalue weighted by molar-refractivity contribution is 5.59. The third-order valence-electron chi connectivity index (χ3n) is 4.19. The van der Waals surface area contributed by atoms with Gasteiger partial charge in [-0.25, -0.2) is 4.79 Å². The summed E-state index contributed by atoms with van der Waals surface area (Å²) in [6, 6.07) is 0. The molecule has 1 fully saturated rings. The molecule has 3 heteroatoms. The lowest BCUT2D eigenvalue weighted by Crippen LogP contribution is -2.34. The summed E-state index contributed by atoms with van der Waals surface area (Å²) in [6.07, 6.45) is 8.07. The number of allylic oxidation sites excluding steroid dienone is 1. The van der Waals surface area contributed by atoms with Crippen LogP contribution in [0.4, 0.5) is 4.79 Å². The molecule has 0 heterocycles. The molecule has 3 atom stereocenters. The first-order valence-electron chi connectivity index (χ1n) is 7.04. The van der Waals surface area contributed by atoms with Crippen molar-refractivity contribution in [1.82, 2.24) is 0 Å². The highest BCUT2D eigenvalue weighted by Crippen LogP contribution is 2.41. The zero-order chi connectivity index (χ0) is 13.1. The molecule has 18 heavy (non-hydrogen) atoms. The van der Waals surface area contributed by atoms with Crippen molar-refractivity contribution in [3.05, 3.63) is 11.6 Å². The summed E-state index contributed by atoms with van der Waals surface area (Å²) in [5.74, 6) is 1.49. The van der Waals surface area contributed by atoms with Crippen LogP contribution in [-0.4, -0.2) is 19.4 Å². The van der Waals surface area contributed by atoms with Crippen molar-refractivity contribution in [3.8, 4) is 0 Å². The topological polar surface area (TPSA) is 35.5 Å². The van der Waals surface area contributed by atoms with Gasteiger partial charge in [-0.1, -0.05) is 25.5 Å². The molecule has 3 unspecified atom stereocenters. The van der Waals surface area contributed by atoms with E-state index >= 15 is 0 Å². The molecule has 2 rings (SSSR count). The van der Waals surface area contributed by atoms with E-state index < -0.39 is 6.16 Å². The van der Waals surface area contributed by atoms with Crippen molar-refractivity contribution in [3.63, 3.8) is 0 Å². The van der Waals surface area contributed by atoms with E-state index in [1.165, 1.54) is 32.8 Å². The average molecular weight is 252 g/mol. The van der Waals surface area contributed by atoms with Crippen molar-refractivity contribution in [2.75, 3.05) is 7.11 Å². The Morgan fingerprint density at radius 3 is 2.83 bits per heavy atom. The second-order valence-electron chi connectivity index (χ2n) is 5.97. The summed E-state index contributed by atoms with van der Waals surface area (Å²) in [4.78, 5) is 11.4. The summed E-state index contributed by atoms with van der Waals surface area (Å²) >= 11 is 0. The Morgan fingerprint density at radius 2 is 2.22 bits per heavy atom. The van der Waals surface area contributed by atoms with Gasteiger partial charge in [0.2, 0.25) is 0 Å².